The Morgan fingerprint density at radius 3 is 2.67 bits per heavy atom. The number of benzene rings is 2. The van der Waals surface area contributed by atoms with E-state index in [2.05, 4.69) is 10.0 Å². The summed E-state index contributed by atoms with van der Waals surface area (Å²) in [4.78, 5) is 14.2. The molecule has 3 rings (SSSR count). The Labute approximate surface area is 180 Å². The van der Waals surface area contributed by atoms with Crippen LogP contribution < -0.4 is 14.8 Å². The number of rotatable bonds is 8. The highest BCUT2D eigenvalue weighted by Gasteiger charge is 2.30. The highest BCUT2D eigenvalue weighted by molar-refractivity contribution is 8.00. The predicted octanol–water partition coefficient (Wildman–Crippen LogP) is 5.87. The van der Waals surface area contributed by atoms with E-state index in [1.807, 2.05) is 17.5 Å². The zero-order valence-electron chi connectivity index (χ0n) is 16.0. The lowest BCUT2D eigenvalue weighted by Gasteiger charge is -2.14. The van der Waals surface area contributed by atoms with E-state index in [-0.39, 0.29) is 5.91 Å². The normalized spacial score (nSPS) is 11.2. The van der Waals surface area contributed by atoms with Crippen molar-refractivity contribution in [1.29, 1.82) is 0 Å². The average Bonchev–Trinajstić information content (AvgIpc) is 3.25. The number of carbonyl (C=O) groups excluding carboxylic acids is 1. The summed E-state index contributed by atoms with van der Waals surface area (Å²) < 4.78 is 46.9. The Kier molecular flexibility index (Phi) is 7.28. The van der Waals surface area contributed by atoms with Gasteiger partial charge in [-0.05, 0) is 66.2 Å². The van der Waals surface area contributed by atoms with Crippen LogP contribution >= 0.6 is 23.3 Å². The standard InChI is InChI=1S/C21H19F3N2O2S2/c1-28-15-7-8-19(26-30-17-5-2-4-14(12-17)21(22,23)24)18(13-15)20(27)25-10-9-16-6-3-11-29-16/h2-8,11-13,26H,9-10H2,1H3,(H,25,27). The molecule has 9 heteroatoms. The van der Waals surface area contributed by atoms with E-state index in [9.17, 15) is 18.0 Å². The maximum absolute atomic E-state index is 12.9. The molecule has 1 aromatic heterocycles. The third-order valence-corrected chi connectivity index (χ3v) is 5.90. The molecule has 0 aliphatic carbocycles. The zero-order valence-corrected chi connectivity index (χ0v) is 17.6. The topological polar surface area (TPSA) is 50.4 Å². The van der Waals surface area contributed by atoms with Crippen LogP contribution in [0.4, 0.5) is 18.9 Å². The van der Waals surface area contributed by atoms with Gasteiger partial charge in [-0.25, -0.2) is 0 Å². The fourth-order valence-corrected chi connectivity index (χ4v) is 4.07. The number of ether oxygens (including phenoxy) is 1. The Hall–Kier alpha value is -2.65. The highest BCUT2D eigenvalue weighted by Crippen LogP contribution is 2.33. The smallest absolute Gasteiger partial charge is 0.416 e. The maximum atomic E-state index is 12.9. The van der Waals surface area contributed by atoms with Crippen LogP contribution in [0, 0.1) is 0 Å². The number of methoxy groups -OCH3 is 1. The monoisotopic (exact) mass is 452 g/mol. The molecule has 0 atom stereocenters. The molecule has 0 spiro atoms. The highest BCUT2D eigenvalue weighted by atomic mass is 32.2. The van der Waals surface area contributed by atoms with Crippen molar-refractivity contribution in [2.24, 2.45) is 0 Å². The minimum absolute atomic E-state index is 0.294. The first kappa shape index (κ1) is 22.0. The summed E-state index contributed by atoms with van der Waals surface area (Å²) in [5, 5.41) is 4.85. The van der Waals surface area contributed by atoms with Crippen molar-refractivity contribution < 1.29 is 22.7 Å². The van der Waals surface area contributed by atoms with Crippen molar-refractivity contribution >= 4 is 34.9 Å². The number of anilines is 1. The molecule has 0 aliphatic rings. The van der Waals surface area contributed by atoms with Gasteiger partial charge in [-0.1, -0.05) is 12.1 Å². The number of hydrogen-bond donors (Lipinski definition) is 2. The number of thiophene rings is 1. The molecule has 30 heavy (non-hydrogen) atoms. The summed E-state index contributed by atoms with van der Waals surface area (Å²) in [6.45, 7) is 0.469. The van der Waals surface area contributed by atoms with Crippen molar-refractivity contribution in [3.8, 4) is 5.75 Å². The molecular formula is C21H19F3N2O2S2. The van der Waals surface area contributed by atoms with Crippen molar-refractivity contribution in [2.75, 3.05) is 18.4 Å². The molecule has 158 valence electrons. The molecule has 4 nitrogen and oxygen atoms in total. The van der Waals surface area contributed by atoms with Crippen molar-refractivity contribution in [1.82, 2.24) is 5.32 Å². The molecule has 3 aromatic rings. The van der Waals surface area contributed by atoms with Gasteiger partial charge in [0.2, 0.25) is 0 Å². The quantitative estimate of drug-likeness (QED) is 0.420. The minimum Gasteiger partial charge on any atom is -0.497 e. The van der Waals surface area contributed by atoms with Crippen LogP contribution in [0.3, 0.4) is 0 Å². The number of amides is 1. The summed E-state index contributed by atoms with van der Waals surface area (Å²) in [5.41, 5.74) is 0.0995. The van der Waals surface area contributed by atoms with Crippen LogP contribution in [0.2, 0.25) is 0 Å². The number of halogens is 3. The van der Waals surface area contributed by atoms with Crippen LogP contribution in [-0.2, 0) is 12.6 Å². The molecule has 0 saturated heterocycles. The van der Waals surface area contributed by atoms with Gasteiger partial charge in [0.25, 0.3) is 5.91 Å². The van der Waals surface area contributed by atoms with E-state index in [1.165, 1.54) is 18.1 Å². The molecule has 0 fully saturated rings. The molecular weight excluding hydrogens is 433 g/mol. The van der Waals surface area contributed by atoms with Gasteiger partial charge < -0.3 is 14.8 Å². The van der Waals surface area contributed by atoms with Gasteiger partial charge >= 0.3 is 6.18 Å². The lowest BCUT2D eigenvalue weighted by Crippen LogP contribution is -2.26. The number of nitrogens with one attached hydrogen (secondary N) is 2. The minimum atomic E-state index is -4.41. The maximum Gasteiger partial charge on any atom is 0.416 e. The first-order chi connectivity index (χ1) is 14.4. The Balaban J connectivity index is 1.70. The van der Waals surface area contributed by atoms with Gasteiger partial charge in [0, 0.05) is 16.3 Å². The molecule has 0 radical (unpaired) electrons. The van der Waals surface area contributed by atoms with Crippen molar-refractivity contribution in [3.63, 3.8) is 0 Å². The van der Waals surface area contributed by atoms with Gasteiger partial charge in [-0.3, -0.25) is 4.79 Å². The fraction of sp³-hybridized carbons (Fsp3) is 0.190. The summed E-state index contributed by atoms with van der Waals surface area (Å²) in [6.07, 6.45) is -3.70. The van der Waals surface area contributed by atoms with E-state index in [0.717, 1.165) is 30.5 Å². The number of alkyl halides is 3. The molecule has 1 heterocycles. The summed E-state index contributed by atoms with van der Waals surface area (Å²) in [5.74, 6) is 0.214. The van der Waals surface area contributed by atoms with Gasteiger partial charge in [-0.15, -0.1) is 11.3 Å². The van der Waals surface area contributed by atoms with Crippen LogP contribution in [-0.4, -0.2) is 19.6 Å². The van der Waals surface area contributed by atoms with E-state index >= 15 is 0 Å². The van der Waals surface area contributed by atoms with E-state index < -0.39 is 11.7 Å². The second-order valence-electron chi connectivity index (χ2n) is 6.23. The van der Waals surface area contributed by atoms with E-state index in [0.29, 0.717) is 28.4 Å². The summed E-state index contributed by atoms with van der Waals surface area (Å²) in [6, 6.07) is 13.9. The first-order valence-electron chi connectivity index (χ1n) is 8.95. The predicted molar refractivity (Wildman–Crippen MR) is 114 cm³/mol. The fourth-order valence-electron chi connectivity index (χ4n) is 2.63. The Morgan fingerprint density at radius 1 is 1.13 bits per heavy atom. The van der Waals surface area contributed by atoms with Gasteiger partial charge in [0.15, 0.2) is 0 Å². The number of carbonyl (C=O) groups is 1. The average molecular weight is 453 g/mol. The van der Waals surface area contributed by atoms with Crippen LogP contribution in [0.25, 0.3) is 0 Å². The van der Waals surface area contributed by atoms with Crippen LogP contribution in [0.5, 0.6) is 5.75 Å². The second kappa shape index (κ2) is 9.90. The molecule has 0 saturated carbocycles. The molecule has 1 amide bonds. The van der Waals surface area contributed by atoms with Crippen molar-refractivity contribution in [3.05, 3.63) is 76.0 Å². The third-order valence-electron chi connectivity index (χ3n) is 4.15. The Bertz CT molecular complexity index is 992. The third kappa shape index (κ3) is 5.93. The second-order valence-corrected chi connectivity index (χ2v) is 8.14. The lowest BCUT2D eigenvalue weighted by atomic mass is 10.1. The molecule has 0 unspecified atom stereocenters. The van der Waals surface area contributed by atoms with Gasteiger partial charge in [0.05, 0.1) is 23.9 Å². The van der Waals surface area contributed by atoms with E-state index in [1.54, 1.807) is 35.6 Å². The first-order valence-corrected chi connectivity index (χ1v) is 10.6. The molecule has 2 aromatic carbocycles. The molecule has 0 bridgehead atoms. The van der Waals surface area contributed by atoms with Gasteiger partial charge in [0.1, 0.15) is 5.75 Å². The lowest BCUT2D eigenvalue weighted by molar-refractivity contribution is -0.137. The Morgan fingerprint density at radius 2 is 1.97 bits per heavy atom. The summed E-state index contributed by atoms with van der Waals surface area (Å²) >= 11 is 2.62. The van der Waals surface area contributed by atoms with Crippen molar-refractivity contribution in [2.45, 2.75) is 17.5 Å². The number of hydrogen-bond acceptors (Lipinski definition) is 5. The van der Waals surface area contributed by atoms with Crippen LogP contribution in [0.15, 0.2) is 64.9 Å². The molecule has 2 N–H and O–H groups in total. The van der Waals surface area contributed by atoms with Crippen LogP contribution in [0.1, 0.15) is 20.8 Å². The van der Waals surface area contributed by atoms with Gasteiger partial charge in [-0.2, -0.15) is 13.2 Å². The SMILES string of the molecule is COc1ccc(NSc2cccc(C(F)(F)F)c2)c(C(=O)NCCc2cccs2)c1. The van der Waals surface area contributed by atoms with E-state index in [4.69, 9.17) is 4.74 Å². The zero-order chi connectivity index (χ0) is 21.6. The summed E-state index contributed by atoms with van der Waals surface area (Å²) in [7, 11) is 1.50. The largest absolute Gasteiger partial charge is 0.497 e. The molecule has 0 aliphatic heterocycles.